The van der Waals surface area contributed by atoms with Gasteiger partial charge in [-0.1, -0.05) is 12.1 Å². The van der Waals surface area contributed by atoms with Gasteiger partial charge in [0.15, 0.2) is 0 Å². The molecule has 0 aliphatic carbocycles. The summed E-state index contributed by atoms with van der Waals surface area (Å²) in [6.07, 6.45) is 8.14. The van der Waals surface area contributed by atoms with E-state index in [0.717, 1.165) is 12.2 Å². The summed E-state index contributed by atoms with van der Waals surface area (Å²) in [5.74, 6) is 0.877. The summed E-state index contributed by atoms with van der Waals surface area (Å²) in [5, 5.41) is 3.54. The van der Waals surface area contributed by atoms with Crippen LogP contribution in [0.25, 0.3) is 10.9 Å². The van der Waals surface area contributed by atoms with Crippen LogP contribution in [0.5, 0.6) is 0 Å². The lowest BCUT2D eigenvalue weighted by Crippen LogP contribution is -2.36. The number of hydrogen-bond donors (Lipinski definition) is 1. The third kappa shape index (κ3) is 4.16. The van der Waals surface area contributed by atoms with Crippen molar-refractivity contribution >= 4 is 28.6 Å². The second-order valence-electron chi connectivity index (χ2n) is 5.98. The first-order valence-corrected chi connectivity index (χ1v) is 9.93. The van der Waals surface area contributed by atoms with Gasteiger partial charge in [0, 0.05) is 25.5 Å². The fourth-order valence-corrected chi connectivity index (χ4v) is 3.34. The molecule has 0 saturated heterocycles. The Morgan fingerprint density at radius 3 is 2.77 bits per heavy atom. The lowest BCUT2D eigenvalue weighted by atomic mass is 10.2. The molecule has 0 bridgehead atoms. The lowest BCUT2D eigenvalue weighted by Gasteiger charge is -2.18. The van der Waals surface area contributed by atoms with Crippen molar-refractivity contribution in [2.45, 2.75) is 19.0 Å². The quantitative estimate of drug-likeness (QED) is 0.661. The normalized spacial score (nSPS) is 12.2. The number of nitrogens with zero attached hydrogens (tertiary/aromatic N) is 3. The topological polar surface area (TPSA) is 68.9 Å². The molecule has 0 unspecified atom stereocenters. The van der Waals surface area contributed by atoms with E-state index in [1.807, 2.05) is 53.5 Å². The summed E-state index contributed by atoms with van der Waals surface area (Å²) in [6, 6.07) is 10.9. The number of rotatable bonds is 8. The van der Waals surface area contributed by atoms with Crippen molar-refractivity contribution in [1.29, 1.82) is 0 Å². The number of amides is 1. The van der Waals surface area contributed by atoms with Crippen LogP contribution < -0.4 is 10.9 Å². The van der Waals surface area contributed by atoms with E-state index in [2.05, 4.69) is 10.3 Å². The lowest BCUT2D eigenvalue weighted by molar-refractivity contribution is -0.124. The van der Waals surface area contributed by atoms with Crippen molar-refractivity contribution in [2.75, 3.05) is 18.6 Å². The molecule has 7 heteroatoms. The highest BCUT2D eigenvalue weighted by Crippen LogP contribution is 2.15. The monoisotopic (exact) mass is 370 g/mol. The van der Waals surface area contributed by atoms with E-state index < -0.39 is 0 Å². The molecule has 3 rings (SSSR count). The number of para-hydroxylation sites is 1. The minimum Gasteiger partial charge on any atom is -0.353 e. The Morgan fingerprint density at radius 1 is 1.23 bits per heavy atom. The highest BCUT2D eigenvalue weighted by atomic mass is 32.2. The molecule has 1 aromatic carbocycles. The summed E-state index contributed by atoms with van der Waals surface area (Å²) >= 11 is 1.72. The van der Waals surface area contributed by atoms with E-state index in [9.17, 15) is 9.59 Å². The average Bonchev–Trinajstić information content (AvgIpc) is 3.18. The van der Waals surface area contributed by atoms with Crippen molar-refractivity contribution in [1.82, 2.24) is 19.4 Å². The molecular weight excluding hydrogens is 348 g/mol. The molecule has 0 spiro atoms. The second kappa shape index (κ2) is 8.71. The molecule has 0 fully saturated rings. The molecule has 0 radical (unpaired) electrons. The van der Waals surface area contributed by atoms with Gasteiger partial charge in [-0.2, -0.15) is 11.8 Å². The number of carbonyl (C=O) groups excluding carboxylic acids is 1. The van der Waals surface area contributed by atoms with Crippen LogP contribution in [0.15, 0.2) is 59.9 Å². The zero-order valence-corrected chi connectivity index (χ0v) is 15.5. The summed E-state index contributed by atoms with van der Waals surface area (Å²) in [6.45, 7) is 0.777. The molecule has 0 aliphatic rings. The largest absolute Gasteiger partial charge is 0.353 e. The van der Waals surface area contributed by atoms with Crippen LogP contribution in [-0.4, -0.2) is 38.6 Å². The minimum absolute atomic E-state index is 0.0305. The fourth-order valence-electron chi connectivity index (χ4n) is 2.88. The Morgan fingerprint density at radius 2 is 2.00 bits per heavy atom. The molecule has 136 valence electrons. The van der Waals surface area contributed by atoms with E-state index >= 15 is 0 Å². The maximum atomic E-state index is 12.6. The predicted octanol–water partition coefficient (Wildman–Crippen LogP) is 2.31. The number of carbonyl (C=O) groups is 1. The summed E-state index contributed by atoms with van der Waals surface area (Å²) < 4.78 is 3.46. The van der Waals surface area contributed by atoms with Crippen LogP contribution in [0.2, 0.25) is 0 Å². The summed E-state index contributed by atoms with van der Waals surface area (Å²) in [4.78, 5) is 29.4. The van der Waals surface area contributed by atoms with Gasteiger partial charge in [-0.3, -0.25) is 14.2 Å². The van der Waals surface area contributed by atoms with Gasteiger partial charge in [-0.25, -0.2) is 4.98 Å². The molecule has 2 heterocycles. The van der Waals surface area contributed by atoms with Gasteiger partial charge in [0.2, 0.25) is 5.91 Å². The van der Waals surface area contributed by atoms with Crippen LogP contribution in [-0.2, 0) is 11.3 Å². The standard InChI is InChI=1S/C19H22N4O2S/c1-26-13-8-17(22-10-4-5-11-22)18(24)20-9-12-23-14-21-16-7-3-2-6-15(16)19(23)25/h2-7,10-11,14,17H,8-9,12-13H2,1H3,(H,20,24)/t17-/m1/s1. The van der Waals surface area contributed by atoms with E-state index in [1.165, 1.54) is 10.9 Å². The smallest absolute Gasteiger partial charge is 0.261 e. The first kappa shape index (κ1) is 18.3. The molecule has 0 aliphatic heterocycles. The molecule has 3 aromatic rings. The molecule has 26 heavy (non-hydrogen) atoms. The first-order valence-electron chi connectivity index (χ1n) is 8.54. The third-order valence-electron chi connectivity index (χ3n) is 4.27. The number of benzene rings is 1. The van der Waals surface area contributed by atoms with Crippen LogP contribution in [0.3, 0.4) is 0 Å². The number of thioether (sulfide) groups is 1. The van der Waals surface area contributed by atoms with Crippen LogP contribution in [0, 0.1) is 0 Å². The third-order valence-corrected chi connectivity index (χ3v) is 4.91. The van der Waals surface area contributed by atoms with Crippen molar-refractivity contribution in [3.8, 4) is 0 Å². The highest BCUT2D eigenvalue weighted by molar-refractivity contribution is 7.98. The van der Waals surface area contributed by atoms with Gasteiger partial charge in [-0.15, -0.1) is 0 Å². The van der Waals surface area contributed by atoms with Gasteiger partial charge < -0.3 is 9.88 Å². The van der Waals surface area contributed by atoms with Gasteiger partial charge in [0.25, 0.3) is 5.56 Å². The maximum absolute atomic E-state index is 12.6. The highest BCUT2D eigenvalue weighted by Gasteiger charge is 2.18. The molecule has 6 nitrogen and oxygen atoms in total. The summed E-state index contributed by atoms with van der Waals surface area (Å²) in [5.41, 5.74) is 0.594. The SMILES string of the molecule is CSCC[C@H](C(=O)NCCn1cnc2ccccc2c1=O)n1cccc1. The number of fused-ring (bicyclic) bond motifs is 1. The molecule has 0 saturated carbocycles. The zero-order valence-electron chi connectivity index (χ0n) is 14.7. The Bertz CT molecular complexity index is 921. The molecule has 2 aromatic heterocycles. The van der Waals surface area contributed by atoms with Gasteiger partial charge >= 0.3 is 0 Å². The van der Waals surface area contributed by atoms with Gasteiger partial charge in [-0.05, 0) is 42.7 Å². The molecule has 1 N–H and O–H groups in total. The van der Waals surface area contributed by atoms with Crippen molar-refractivity contribution in [2.24, 2.45) is 0 Å². The van der Waals surface area contributed by atoms with E-state index in [4.69, 9.17) is 0 Å². The van der Waals surface area contributed by atoms with E-state index in [-0.39, 0.29) is 17.5 Å². The zero-order chi connectivity index (χ0) is 18.4. The van der Waals surface area contributed by atoms with Crippen LogP contribution in [0.4, 0.5) is 0 Å². The van der Waals surface area contributed by atoms with Crippen LogP contribution in [0.1, 0.15) is 12.5 Å². The van der Waals surface area contributed by atoms with Crippen molar-refractivity contribution < 1.29 is 4.79 Å². The van der Waals surface area contributed by atoms with E-state index in [0.29, 0.717) is 24.0 Å². The fraction of sp³-hybridized carbons (Fsp3) is 0.316. The Labute approximate surface area is 156 Å². The number of hydrogen-bond acceptors (Lipinski definition) is 4. The van der Waals surface area contributed by atoms with Gasteiger partial charge in [0.1, 0.15) is 6.04 Å². The number of nitrogens with one attached hydrogen (secondary N) is 1. The molecular formula is C19H22N4O2S. The van der Waals surface area contributed by atoms with Gasteiger partial charge in [0.05, 0.1) is 17.2 Å². The second-order valence-corrected chi connectivity index (χ2v) is 6.96. The maximum Gasteiger partial charge on any atom is 0.261 e. The molecule has 1 atom stereocenters. The summed E-state index contributed by atoms with van der Waals surface area (Å²) in [7, 11) is 0. The Kier molecular flexibility index (Phi) is 6.12. The number of aromatic nitrogens is 3. The predicted molar refractivity (Wildman–Crippen MR) is 105 cm³/mol. The van der Waals surface area contributed by atoms with E-state index in [1.54, 1.807) is 17.8 Å². The van der Waals surface area contributed by atoms with Crippen molar-refractivity contribution in [3.05, 3.63) is 65.5 Å². The molecule has 1 amide bonds. The Balaban J connectivity index is 1.64. The van der Waals surface area contributed by atoms with Crippen LogP contribution >= 0.6 is 11.8 Å². The average molecular weight is 370 g/mol. The minimum atomic E-state index is -0.232. The first-order chi connectivity index (χ1) is 12.7. The van der Waals surface area contributed by atoms with Crippen molar-refractivity contribution in [3.63, 3.8) is 0 Å². The Hall–Kier alpha value is -2.54.